The van der Waals surface area contributed by atoms with Crippen LogP contribution in [0.5, 0.6) is 0 Å². The van der Waals surface area contributed by atoms with Gasteiger partial charge in [0.05, 0.1) is 0 Å². The van der Waals surface area contributed by atoms with E-state index in [0.29, 0.717) is 17.6 Å². The second-order valence-electron chi connectivity index (χ2n) is 5.58. The SMILES string of the molecule is CC1CNC(C2CC2)CN1c1cc(F)c(F)c(F)c1. The van der Waals surface area contributed by atoms with Crippen LogP contribution in [-0.2, 0) is 0 Å². The van der Waals surface area contributed by atoms with Crippen LogP contribution in [0, 0.1) is 23.4 Å². The summed E-state index contributed by atoms with van der Waals surface area (Å²) >= 11 is 0. The van der Waals surface area contributed by atoms with E-state index < -0.39 is 17.5 Å². The minimum atomic E-state index is -1.40. The van der Waals surface area contributed by atoms with E-state index in [9.17, 15) is 13.2 Å². The Hall–Kier alpha value is -1.23. The van der Waals surface area contributed by atoms with Crippen molar-refractivity contribution >= 4 is 5.69 Å². The van der Waals surface area contributed by atoms with E-state index in [-0.39, 0.29) is 6.04 Å². The summed E-state index contributed by atoms with van der Waals surface area (Å²) in [5.74, 6) is -2.97. The molecule has 3 rings (SSSR count). The molecule has 1 aromatic rings. The van der Waals surface area contributed by atoms with Gasteiger partial charge in [-0.1, -0.05) is 0 Å². The predicted molar refractivity (Wildman–Crippen MR) is 67.6 cm³/mol. The lowest BCUT2D eigenvalue weighted by Gasteiger charge is -2.40. The van der Waals surface area contributed by atoms with Crippen molar-refractivity contribution in [3.63, 3.8) is 0 Å². The van der Waals surface area contributed by atoms with Crippen molar-refractivity contribution < 1.29 is 13.2 Å². The lowest BCUT2D eigenvalue weighted by molar-refractivity contribution is 0.374. The van der Waals surface area contributed by atoms with Gasteiger partial charge in [-0.25, -0.2) is 13.2 Å². The Kier molecular flexibility index (Phi) is 3.17. The maximum absolute atomic E-state index is 13.3. The van der Waals surface area contributed by atoms with Gasteiger partial charge in [-0.05, 0) is 25.7 Å². The van der Waals surface area contributed by atoms with Gasteiger partial charge in [0.15, 0.2) is 17.5 Å². The Morgan fingerprint density at radius 2 is 1.79 bits per heavy atom. The molecule has 0 radical (unpaired) electrons. The van der Waals surface area contributed by atoms with Crippen LogP contribution >= 0.6 is 0 Å². The zero-order chi connectivity index (χ0) is 13.6. The fraction of sp³-hybridized carbons (Fsp3) is 0.571. The molecular formula is C14H17F3N2. The van der Waals surface area contributed by atoms with Crippen molar-refractivity contribution in [1.29, 1.82) is 0 Å². The summed E-state index contributed by atoms with van der Waals surface area (Å²) in [5, 5.41) is 3.47. The van der Waals surface area contributed by atoms with E-state index in [2.05, 4.69) is 5.32 Å². The van der Waals surface area contributed by atoms with Crippen molar-refractivity contribution in [2.24, 2.45) is 5.92 Å². The molecule has 0 spiro atoms. The summed E-state index contributed by atoms with van der Waals surface area (Å²) in [4.78, 5) is 1.96. The van der Waals surface area contributed by atoms with Crippen LogP contribution in [0.15, 0.2) is 12.1 Å². The molecule has 104 valence electrons. The molecule has 1 aromatic carbocycles. The second kappa shape index (κ2) is 4.71. The van der Waals surface area contributed by atoms with Crippen molar-refractivity contribution in [3.05, 3.63) is 29.6 Å². The molecule has 1 aliphatic heterocycles. The normalized spacial score (nSPS) is 27.7. The highest BCUT2D eigenvalue weighted by Gasteiger charge is 2.36. The van der Waals surface area contributed by atoms with E-state index in [0.717, 1.165) is 25.2 Å². The first-order valence-corrected chi connectivity index (χ1v) is 6.71. The first-order valence-electron chi connectivity index (χ1n) is 6.71. The molecule has 1 aliphatic carbocycles. The summed E-state index contributed by atoms with van der Waals surface area (Å²) in [6, 6.07) is 2.68. The highest BCUT2D eigenvalue weighted by Crippen LogP contribution is 2.35. The first-order chi connectivity index (χ1) is 9.06. The summed E-state index contributed by atoms with van der Waals surface area (Å²) < 4.78 is 39.7. The van der Waals surface area contributed by atoms with Crippen LogP contribution < -0.4 is 10.2 Å². The van der Waals surface area contributed by atoms with E-state index in [1.165, 1.54) is 12.8 Å². The Bertz CT molecular complexity index is 465. The molecule has 1 saturated heterocycles. The van der Waals surface area contributed by atoms with Crippen LogP contribution in [0.1, 0.15) is 19.8 Å². The number of hydrogen-bond donors (Lipinski definition) is 1. The fourth-order valence-electron chi connectivity index (χ4n) is 2.77. The maximum Gasteiger partial charge on any atom is 0.194 e. The average molecular weight is 270 g/mol. The molecule has 19 heavy (non-hydrogen) atoms. The van der Waals surface area contributed by atoms with Crippen LogP contribution in [0.4, 0.5) is 18.9 Å². The van der Waals surface area contributed by atoms with Gasteiger partial charge in [-0.2, -0.15) is 0 Å². The zero-order valence-electron chi connectivity index (χ0n) is 10.8. The number of nitrogens with one attached hydrogen (secondary N) is 1. The summed E-state index contributed by atoms with van der Waals surface area (Å²) in [7, 11) is 0. The summed E-state index contributed by atoms with van der Waals surface area (Å²) in [6.07, 6.45) is 2.43. The van der Waals surface area contributed by atoms with Gasteiger partial charge in [0.2, 0.25) is 0 Å². The van der Waals surface area contributed by atoms with Gasteiger partial charge in [0.1, 0.15) is 0 Å². The van der Waals surface area contributed by atoms with Crippen LogP contribution in [0.25, 0.3) is 0 Å². The van der Waals surface area contributed by atoms with Crippen molar-refractivity contribution in [2.75, 3.05) is 18.0 Å². The molecule has 0 bridgehead atoms. The maximum atomic E-state index is 13.3. The highest BCUT2D eigenvalue weighted by atomic mass is 19.2. The molecule has 1 heterocycles. The molecule has 2 fully saturated rings. The highest BCUT2D eigenvalue weighted by molar-refractivity contribution is 5.49. The minimum absolute atomic E-state index is 0.138. The van der Waals surface area contributed by atoms with Crippen LogP contribution in [0.3, 0.4) is 0 Å². The Morgan fingerprint density at radius 3 is 2.37 bits per heavy atom. The number of hydrogen-bond acceptors (Lipinski definition) is 2. The van der Waals surface area contributed by atoms with Crippen molar-refractivity contribution in [2.45, 2.75) is 31.8 Å². The Morgan fingerprint density at radius 1 is 1.16 bits per heavy atom. The third-order valence-corrected chi connectivity index (χ3v) is 4.09. The van der Waals surface area contributed by atoms with E-state index >= 15 is 0 Å². The molecule has 1 saturated carbocycles. The van der Waals surface area contributed by atoms with E-state index in [1.54, 1.807) is 0 Å². The van der Waals surface area contributed by atoms with Gasteiger partial charge in [-0.15, -0.1) is 0 Å². The lowest BCUT2D eigenvalue weighted by atomic mass is 10.1. The Labute approximate surface area is 110 Å². The smallest absolute Gasteiger partial charge is 0.194 e. The molecule has 0 amide bonds. The molecule has 2 atom stereocenters. The van der Waals surface area contributed by atoms with E-state index in [1.807, 2.05) is 11.8 Å². The first kappa shape index (κ1) is 12.8. The summed E-state index contributed by atoms with van der Waals surface area (Å²) in [5.41, 5.74) is 0.427. The number of halogens is 3. The van der Waals surface area contributed by atoms with Gasteiger partial charge < -0.3 is 10.2 Å². The molecule has 0 aromatic heterocycles. The molecule has 1 N–H and O–H groups in total. The van der Waals surface area contributed by atoms with Gasteiger partial charge in [0, 0.05) is 43.0 Å². The number of piperazine rings is 1. The van der Waals surface area contributed by atoms with E-state index in [4.69, 9.17) is 0 Å². The largest absolute Gasteiger partial charge is 0.366 e. The van der Waals surface area contributed by atoms with Crippen molar-refractivity contribution in [3.8, 4) is 0 Å². The zero-order valence-corrected chi connectivity index (χ0v) is 10.8. The monoisotopic (exact) mass is 270 g/mol. The topological polar surface area (TPSA) is 15.3 Å². The van der Waals surface area contributed by atoms with Crippen LogP contribution in [0.2, 0.25) is 0 Å². The van der Waals surface area contributed by atoms with Gasteiger partial charge in [-0.3, -0.25) is 0 Å². The number of nitrogens with zero attached hydrogens (tertiary/aromatic N) is 1. The molecular weight excluding hydrogens is 253 g/mol. The minimum Gasteiger partial charge on any atom is -0.366 e. The second-order valence-corrected chi connectivity index (χ2v) is 5.58. The molecule has 2 aliphatic rings. The number of benzene rings is 1. The standard InChI is InChI=1S/C14H17F3N2/c1-8-6-18-13(9-2-3-9)7-19(8)10-4-11(15)14(17)12(16)5-10/h4-5,8-9,13,18H,2-3,6-7H2,1H3. The van der Waals surface area contributed by atoms with Crippen LogP contribution in [-0.4, -0.2) is 25.2 Å². The fourth-order valence-corrected chi connectivity index (χ4v) is 2.77. The molecule has 2 unspecified atom stereocenters. The van der Waals surface area contributed by atoms with Gasteiger partial charge >= 0.3 is 0 Å². The Balaban J connectivity index is 1.86. The van der Waals surface area contributed by atoms with Gasteiger partial charge in [0.25, 0.3) is 0 Å². The lowest BCUT2D eigenvalue weighted by Crippen LogP contribution is -2.56. The third kappa shape index (κ3) is 2.43. The number of anilines is 1. The summed E-state index contributed by atoms with van der Waals surface area (Å²) in [6.45, 7) is 3.49. The van der Waals surface area contributed by atoms with Crippen molar-refractivity contribution in [1.82, 2.24) is 5.32 Å². The third-order valence-electron chi connectivity index (χ3n) is 4.09. The molecule has 2 nitrogen and oxygen atoms in total. The quantitative estimate of drug-likeness (QED) is 0.831. The predicted octanol–water partition coefficient (Wildman–Crippen LogP) is 2.68. The number of rotatable bonds is 2. The molecule has 5 heteroatoms. The average Bonchev–Trinajstić information content (AvgIpc) is 3.20.